The van der Waals surface area contributed by atoms with E-state index < -0.39 is 12.0 Å². The van der Waals surface area contributed by atoms with Crippen molar-refractivity contribution in [1.82, 2.24) is 4.57 Å². The molecule has 0 radical (unpaired) electrons. The fourth-order valence-corrected chi connectivity index (χ4v) is 5.58. The molecule has 0 saturated heterocycles. The quantitative estimate of drug-likeness (QED) is 0.310. The monoisotopic (exact) mass is 540 g/mol. The van der Waals surface area contributed by atoms with Crippen LogP contribution in [0.3, 0.4) is 0 Å². The largest absolute Gasteiger partial charge is 0.496 e. The summed E-state index contributed by atoms with van der Waals surface area (Å²) in [6.07, 6.45) is 1.83. The number of hydrogen-bond donors (Lipinski definition) is 0. The molecule has 1 aliphatic heterocycles. The third-order valence-corrected chi connectivity index (χ3v) is 7.36. The molecule has 0 bridgehead atoms. The molecule has 7 nitrogen and oxygen atoms in total. The Morgan fingerprint density at radius 2 is 1.74 bits per heavy atom. The summed E-state index contributed by atoms with van der Waals surface area (Å²) in [5, 5.41) is 0. The molecule has 3 aromatic carbocycles. The van der Waals surface area contributed by atoms with Gasteiger partial charge in [0.1, 0.15) is 24.1 Å². The molecule has 8 heteroatoms. The summed E-state index contributed by atoms with van der Waals surface area (Å²) in [5.74, 6) is 0.804. The summed E-state index contributed by atoms with van der Waals surface area (Å²) in [7, 11) is 1.57. The third kappa shape index (κ3) is 5.42. The number of esters is 1. The highest BCUT2D eigenvalue weighted by molar-refractivity contribution is 7.07. The number of methoxy groups -OCH3 is 1. The van der Waals surface area contributed by atoms with Gasteiger partial charge in [-0.05, 0) is 49.2 Å². The molecule has 0 N–H and O–H groups in total. The van der Waals surface area contributed by atoms with Gasteiger partial charge in [0, 0.05) is 5.56 Å². The van der Waals surface area contributed by atoms with E-state index in [0.29, 0.717) is 38.5 Å². The molecule has 0 spiro atoms. The van der Waals surface area contributed by atoms with Gasteiger partial charge in [-0.2, -0.15) is 0 Å². The molecule has 1 aromatic heterocycles. The number of nitrogens with zero attached hydrogens (tertiary/aromatic N) is 2. The number of aromatic nitrogens is 1. The number of benzene rings is 3. The number of ether oxygens (including phenoxy) is 3. The topological polar surface area (TPSA) is 79.1 Å². The first-order chi connectivity index (χ1) is 19.0. The molecule has 0 unspecified atom stereocenters. The summed E-state index contributed by atoms with van der Waals surface area (Å²) in [6, 6.07) is 24.2. The van der Waals surface area contributed by atoms with E-state index in [1.54, 1.807) is 25.5 Å². The first kappa shape index (κ1) is 26.2. The predicted molar refractivity (Wildman–Crippen MR) is 151 cm³/mol. The minimum atomic E-state index is -0.729. The van der Waals surface area contributed by atoms with Gasteiger partial charge in [0.2, 0.25) is 0 Å². The van der Waals surface area contributed by atoms with Crippen LogP contribution in [-0.4, -0.2) is 24.3 Å². The Hall–Kier alpha value is -4.43. The van der Waals surface area contributed by atoms with Gasteiger partial charge in [-0.15, -0.1) is 0 Å². The third-order valence-electron chi connectivity index (χ3n) is 6.38. The van der Waals surface area contributed by atoms with Crippen molar-refractivity contribution in [3.63, 3.8) is 0 Å². The minimum Gasteiger partial charge on any atom is -0.496 e. The van der Waals surface area contributed by atoms with E-state index in [-0.39, 0.29) is 12.2 Å². The lowest BCUT2D eigenvalue weighted by Gasteiger charge is -2.25. The highest BCUT2D eigenvalue weighted by atomic mass is 32.1. The van der Waals surface area contributed by atoms with Gasteiger partial charge in [0.05, 0.1) is 29.5 Å². The summed E-state index contributed by atoms with van der Waals surface area (Å²) in [4.78, 5) is 32.0. The van der Waals surface area contributed by atoms with Gasteiger partial charge < -0.3 is 14.2 Å². The van der Waals surface area contributed by atoms with Gasteiger partial charge in [-0.25, -0.2) is 9.79 Å². The van der Waals surface area contributed by atoms with E-state index in [9.17, 15) is 9.59 Å². The van der Waals surface area contributed by atoms with Crippen molar-refractivity contribution in [3.05, 3.63) is 127 Å². The highest BCUT2D eigenvalue weighted by Crippen LogP contribution is 2.35. The molecular weight excluding hydrogens is 512 g/mol. The molecule has 5 rings (SSSR count). The number of carbonyl (C=O) groups excluding carboxylic acids is 1. The number of fused-ring (bicyclic) bond motifs is 1. The van der Waals surface area contributed by atoms with Gasteiger partial charge in [0.25, 0.3) is 5.56 Å². The average molecular weight is 541 g/mol. The predicted octanol–water partition coefficient (Wildman–Crippen LogP) is 4.39. The Labute approximate surface area is 229 Å². The first-order valence-electron chi connectivity index (χ1n) is 12.6. The summed E-state index contributed by atoms with van der Waals surface area (Å²) < 4.78 is 18.9. The van der Waals surface area contributed by atoms with Crippen LogP contribution in [0.5, 0.6) is 11.5 Å². The Bertz CT molecular complexity index is 1700. The first-order valence-corrected chi connectivity index (χ1v) is 13.4. The van der Waals surface area contributed by atoms with E-state index >= 15 is 0 Å². The number of rotatable bonds is 8. The molecule has 0 saturated carbocycles. The van der Waals surface area contributed by atoms with Crippen LogP contribution in [-0.2, 0) is 16.1 Å². The second-order valence-corrected chi connectivity index (χ2v) is 9.90. The molecule has 39 heavy (non-hydrogen) atoms. The smallest absolute Gasteiger partial charge is 0.338 e. The normalized spacial score (nSPS) is 14.9. The van der Waals surface area contributed by atoms with E-state index in [4.69, 9.17) is 14.2 Å². The van der Waals surface area contributed by atoms with Crippen molar-refractivity contribution in [2.24, 2.45) is 4.99 Å². The highest BCUT2D eigenvalue weighted by Gasteiger charge is 2.34. The maximum atomic E-state index is 13.8. The Morgan fingerprint density at radius 3 is 2.46 bits per heavy atom. The van der Waals surface area contributed by atoms with Crippen molar-refractivity contribution in [1.29, 1.82) is 0 Å². The summed E-state index contributed by atoms with van der Waals surface area (Å²) in [6.45, 7) is 4.20. The fourth-order valence-electron chi connectivity index (χ4n) is 4.53. The van der Waals surface area contributed by atoms with Crippen LogP contribution < -0.4 is 24.4 Å². The van der Waals surface area contributed by atoms with Crippen LogP contribution in [0.25, 0.3) is 6.08 Å². The van der Waals surface area contributed by atoms with Crippen LogP contribution in [0, 0.1) is 0 Å². The SMILES string of the molecule is CCOC(=O)C1=C(C)N=c2s/c(=C/c3ccc(OCc4ccccc4)cc3)c(=O)n2[C@@H]1c1ccccc1OC. The van der Waals surface area contributed by atoms with Crippen molar-refractivity contribution in [2.45, 2.75) is 26.5 Å². The van der Waals surface area contributed by atoms with Gasteiger partial charge in [0.15, 0.2) is 4.80 Å². The molecule has 0 amide bonds. The van der Waals surface area contributed by atoms with Crippen LogP contribution in [0.4, 0.5) is 0 Å². The maximum Gasteiger partial charge on any atom is 0.338 e. The number of hydrogen-bond acceptors (Lipinski definition) is 7. The lowest BCUT2D eigenvalue weighted by molar-refractivity contribution is -0.139. The molecule has 0 aliphatic carbocycles. The van der Waals surface area contributed by atoms with E-state index in [2.05, 4.69) is 4.99 Å². The van der Waals surface area contributed by atoms with Crippen LogP contribution in [0.2, 0.25) is 0 Å². The molecular formula is C31H28N2O5S. The van der Waals surface area contributed by atoms with Gasteiger partial charge in [-0.3, -0.25) is 9.36 Å². The van der Waals surface area contributed by atoms with Crippen LogP contribution >= 0.6 is 11.3 Å². The molecule has 1 atom stereocenters. The zero-order chi connectivity index (χ0) is 27.4. The standard InChI is InChI=1S/C31H28N2O5S/c1-4-37-30(35)27-20(2)32-31-33(28(27)24-12-8-9-13-25(24)36-3)29(34)26(39-31)18-21-14-16-23(17-15-21)38-19-22-10-6-5-7-11-22/h5-18,28H,4,19H2,1-3H3/b26-18+/t28-/m1/s1. The fraction of sp³-hybridized carbons (Fsp3) is 0.194. The Morgan fingerprint density at radius 1 is 1.03 bits per heavy atom. The van der Waals surface area contributed by atoms with Gasteiger partial charge in [-0.1, -0.05) is 72.0 Å². The molecule has 0 fully saturated rings. The number of carbonyl (C=O) groups is 1. The lowest BCUT2D eigenvalue weighted by Crippen LogP contribution is -2.40. The van der Waals surface area contributed by atoms with Crippen molar-refractivity contribution < 1.29 is 19.0 Å². The minimum absolute atomic E-state index is 0.212. The molecule has 198 valence electrons. The zero-order valence-corrected chi connectivity index (χ0v) is 22.7. The summed E-state index contributed by atoms with van der Waals surface area (Å²) >= 11 is 1.28. The second-order valence-electron chi connectivity index (χ2n) is 8.89. The Balaban J connectivity index is 1.53. The molecule has 4 aromatic rings. The maximum absolute atomic E-state index is 13.8. The van der Waals surface area contributed by atoms with Crippen molar-refractivity contribution >= 4 is 23.4 Å². The van der Waals surface area contributed by atoms with Crippen molar-refractivity contribution in [3.8, 4) is 11.5 Å². The van der Waals surface area contributed by atoms with Crippen LogP contribution in [0.15, 0.2) is 99.9 Å². The average Bonchev–Trinajstić information content (AvgIpc) is 3.26. The van der Waals surface area contributed by atoms with Crippen molar-refractivity contribution in [2.75, 3.05) is 13.7 Å². The number of para-hydroxylation sites is 1. The lowest BCUT2D eigenvalue weighted by atomic mass is 9.95. The van der Waals surface area contributed by atoms with Gasteiger partial charge >= 0.3 is 5.97 Å². The van der Waals surface area contributed by atoms with E-state index in [0.717, 1.165) is 16.9 Å². The van der Waals surface area contributed by atoms with E-state index in [1.165, 1.54) is 11.3 Å². The van der Waals surface area contributed by atoms with E-state index in [1.807, 2.05) is 84.9 Å². The van der Waals surface area contributed by atoms with Crippen LogP contribution in [0.1, 0.15) is 36.6 Å². The summed E-state index contributed by atoms with van der Waals surface area (Å²) in [5.41, 5.74) is 3.21. The Kier molecular flexibility index (Phi) is 7.74. The number of thiazole rings is 1. The molecule has 2 heterocycles. The zero-order valence-electron chi connectivity index (χ0n) is 21.9. The second kappa shape index (κ2) is 11.5. The number of allylic oxidation sites excluding steroid dienone is 1. The molecule has 1 aliphatic rings.